The van der Waals surface area contributed by atoms with Gasteiger partial charge in [-0.05, 0) is 88.0 Å². The third-order valence-electron chi connectivity index (χ3n) is 4.82. The Labute approximate surface area is 271 Å². The molecule has 2 aromatic carbocycles. The maximum atomic E-state index is 13.6. The summed E-state index contributed by atoms with van der Waals surface area (Å²) >= 11 is 13.4. The van der Waals surface area contributed by atoms with E-state index in [0.717, 1.165) is 0 Å². The Hall–Kier alpha value is -2.07. The molecule has 0 aliphatic rings. The molecule has 2 unspecified atom stereocenters. The highest BCUT2D eigenvalue weighted by molar-refractivity contribution is 9.11. The molecule has 0 saturated heterocycles. The van der Waals surface area contributed by atoms with E-state index in [2.05, 4.69) is 76.9 Å². The minimum atomic E-state index is -4.05. The first kappa shape index (κ1) is 35.1. The van der Waals surface area contributed by atoms with Gasteiger partial charge in [-0.1, -0.05) is 39.2 Å². The molecule has 0 amide bonds. The molecule has 0 aliphatic heterocycles. The minimum absolute atomic E-state index is 0.0216. The number of carbonyl (C=O) groups is 2. The average molecular weight is 850 g/mol. The first-order valence-electron chi connectivity index (χ1n) is 11.8. The van der Waals surface area contributed by atoms with E-state index in [1.807, 2.05) is 0 Å². The minimum Gasteiger partial charge on any atom is -0.452 e. The largest absolute Gasteiger partial charge is 0.511 e. The van der Waals surface area contributed by atoms with E-state index in [1.165, 1.54) is 36.4 Å². The summed E-state index contributed by atoms with van der Waals surface area (Å²) < 4.78 is 59.7. The van der Waals surface area contributed by atoms with E-state index in [4.69, 9.17) is 28.4 Å². The number of rotatable bonds is 14. The van der Waals surface area contributed by atoms with Crippen LogP contribution >= 0.6 is 63.7 Å². The fourth-order valence-corrected chi connectivity index (χ4v) is 7.64. The molecule has 0 heterocycles. The molecule has 0 aromatic heterocycles. The lowest BCUT2D eigenvalue weighted by atomic mass is 10.3. The normalized spacial score (nSPS) is 12.4. The highest BCUT2D eigenvalue weighted by atomic mass is 79.9. The van der Waals surface area contributed by atoms with Gasteiger partial charge in [0.1, 0.15) is 13.2 Å². The first-order valence-corrected chi connectivity index (χ1v) is 16.5. The van der Waals surface area contributed by atoms with Gasteiger partial charge in [0.05, 0.1) is 27.7 Å². The third kappa shape index (κ3) is 10.0. The van der Waals surface area contributed by atoms with Crippen molar-refractivity contribution in [1.29, 1.82) is 0 Å². The Bertz CT molecular complexity index is 1240. The van der Waals surface area contributed by atoms with Crippen LogP contribution in [0.3, 0.4) is 0 Å². The van der Waals surface area contributed by atoms with E-state index in [9.17, 15) is 18.0 Å². The lowest BCUT2D eigenvalue weighted by molar-refractivity contribution is -0.0647. The molecule has 2 rings (SSSR count). The fourth-order valence-electron chi connectivity index (χ4n) is 2.93. The standard InChI is InChI=1S/C26H26Br4O10S/c1-5-9-35-25(31)39-21(7-3)37-23-17(27)11-15(12-18(23)28)41(33,34)16-13-19(29)24(20(30)14-16)38-22(8-4)40-26(32)36-10-6-2/h5-6,11-14,21-22H,1-2,7-10H2,3-4H3. The molecule has 224 valence electrons. The van der Waals surface area contributed by atoms with Crippen molar-refractivity contribution in [3.8, 4) is 11.5 Å². The molecule has 0 aliphatic carbocycles. The Morgan fingerprint density at radius 1 is 0.732 bits per heavy atom. The summed E-state index contributed by atoms with van der Waals surface area (Å²) in [4.78, 5) is 23.5. The van der Waals surface area contributed by atoms with E-state index >= 15 is 0 Å². The van der Waals surface area contributed by atoms with Crippen molar-refractivity contribution < 1.29 is 46.4 Å². The Morgan fingerprint density at radius 2 is 1.05 bits per heavy atom. The van der Waals surface area contributed by atoms with Crippen LogP contribution < -0.4 is 9.47 Å². The first-order chi connectivity index (χ1) is 19.4. The van der Waals surface area contributed by atoms with Gasteiger partial charge in [0, 0.05) is 12.8 Å². The topological polar surface area (TPSA) is 124 Å². The summed E-state index contributed by atoms with van der Waals surface area (Å²) in [6.07, 6.45) is -0.491. The van der Waals surface area contributed by atoms with Crippen LogP contribution in [-0.2, 0) is 28.8 Å². The zero-order valence-corrected chi connectivity index (χ0v) is 29.0. The lowest BCUT2D eigenvalue weighted by Crippen LogP contribution is -2.24. The van der Waals surface area contributed by atoms with Gasteiger partial charge in [-0.25, -0.2) is 18.0 Å². The van der Waals surface area contributed by atoms with Crippen LogP contribution in [0.25, 0.3) is 0 Å². The number of hydrogen-bond acceptors (Lipinski definition) is 10. The van der Waals surface area contributed by atoms with Gasteiger partial charge in [-0.3, -0.25) is 0 Å². The molecule has 0 fully saturated rings. The number of benzene rings is 2. The molecule has 2 aromatic rings. The summed E-state index contributed by atoms with van der Waals surface area (Å²) in [6, 6.07) is 5.45. The van der Waals surface area contributed by atoms with E-state index in [0.29, 0.717) is 12.8 Å². The summed E-state index contributed by atoms with van der Waals surface area (Å²) in [5.74, 6) is 0.436. The third-order valence-corrected chi connectivity index (χ3v) is 8.89. The highest BCUT2D eigenvalue weighted by Crippen LogP contribution is 2.41. The maximum Gasteiger partial charge on any atom is 0.511 e. The van der Waals surface area contributed by atoms with E-state index in [-0.39, 0.29) is 52.4 Å². The molecule has 0 bridgehead atoms. The molecule has 0 saturated carbocycles. The molecule has 15 heteroatoms. The molecular formula is C26H26Br4O10S. The smallest absolute Gasteiger partial charge is 0.452 e. The van der Waals surface area contributed by atoms with Gasteiger partial charge in [-0.2, -0.15) is 0 Å². The quantitative estimate of drug-likeness (QED) is 0.104. The van der Waals surface area contributed by atoms with E-state index in [1.54, 1.807) is 13.8 Å². The number of sulfone groups is 1. The van der Waals surface area contributed by atoms with Crippen LogP contribution in [0, 0.1) is 0 Å². The molecule has 10 nitrogen and oxygen atoms in total. The predicted octanol–water partition coefficient (Wildman–Crippen LogP) is 8.48. The van der Waals surface area contributed by atoms with Crippen molar-refractivity contribution in [3.63, 3.8) is 0 Å². The van der Waals surface area contributed by atoms with Gasteiger partial charge in [0.25, 0.3) is 0 Å². The SMILES string of the molecule is C=CCOC(=O)OC(CC)Oc1c(Br)cc(S(=O)(=O)c2cc(Br)c(OC(CC)OC(=O)OCC=C)c(Br)c2)cc1Br. The van der Waals surface area contributed by atoms with Gasteiger partial charge < -0.3 is 28.4 Å². The zero-order chi connectivity index (χ0) is 30.7. The highest BCUT2D eigenvalue weighted by Gasteiger charge is 2.26. The maximum absolute atomic E-state index is 13.6. The predicted molar refractivity (Wildman–Crippen MR) is 164 cm³/mol. The van der Waals surface area contributed by atoms with Gasteiger partial charge in [0.15, 0.2) is 11.5 Å². The van der Waals surface area contributed by atoms with Crippen LogP contribution in [0.1, 0.15) is 26.7 Å². The van der Waals surface area contributed by atoms with Crippen molar-refractivity contribution in [2.75, 3.05) is 13.2 Å². The van der Waals surface area contributed by atoms with Crippen molar-refractivity contribution in [2.45, 2.75) is 49.1 Å². The van der Waals surface area contributed by atoms with Crippen molar-refractivity contribution in [3.05, 3.63) is 67.5 Å². The second kappa shape index (κ2) is 16.5. The molecule has 2 atom stereocenters. The number of hydrogen-bond donors (Lipinski definition) is 0. The Kier molecular flexibility index (Phi) is 14.2. The molecule has 41 heavy (non-hydrogen) atoms. The summed E-state index contributed by atoms with van der Waals surface area (Å²) in [5, 5.41) is 0. The van der Waals surface area contributed by atoms with E-state index < -0.39 is 34.7 Å². The number of carbonyl (C=O) groups excluding carboxylic acids is 2. The summed E-state index contributed by atoms with van der Waals surface area (Å²) in [5.41, 5.74) is 0. The fraction of sp³-hybridized carbons (Fsp3) is 0.308. The van der Waals surface area contributed by atoms with Gasteiger partial charge in [-0.15, -0.1) is 0 Å². The number of halogens is 4. The van der Waals surface area contributed by atoms with Gasteiger partial charge in [0.2, 0.25) is 22.4 Å². The average Bonchev–Trinajstić information content (AvgIpc) is 2.92. The second-order valence-electron chi connectivity index (χ2n) is 7.78. The van der Waals surface area contributed by atoms with Crippen LogP contribution in [0.4, 0.5) is 9.59 Å². The zero-order valence-electron chi connectivity index (χ0n) is 21.9. The molecule has 0 spiro atoms. The summed E-state index contributed by atoms with van der Waals surface area (Å²) in [6.45, 7) is 10.3. The molecule has 0 radical (unpaired) electrons. The number of ether oxygens (including phenoxy) is 6. The van der Waals surface area contributed by atoms with Crippen LogP contribution in [0.15, 0.2) is 77.3 Å². The Balaban J connectivity index is 2.30. The van der Waals surface area contributed by atoms with Crippen molar-refractivity contribution in [2.24, 2.45) is 0 Å². The summed E-state index contributed by atoms with van der Waals surface area (Å²) in [7, 11) is -4.05. The van der Waals surface area contributed by atoms with Crippen LogP contribution in [-0.4, -0.2) is 46.5 Å². The van der Waals surface area contributed by atoms with Crippen molar-refractivity contribution in [1.82, 2.24) is 0 Å². The van der Waals surface area contributed by atoms with Crippen LogP contribution in [0.2, 0.25) is 0 Å². The van der Waals surface area contributed by atoms with Crippen molar-refractivity contribution >= 4 is 85.9 Å². The van der Waals surface area contributed by atoms with Gasteiger partial charge >= 0.3 is 12.3 Å². The molecular weight excluding hydrogens is 824 g/mol. The molecule has 0 N–H and O–H groups in total. The Morgan fingerprint density at radius 3 is 1.32 bits per heavy atom. The van der Waals surface area contributed by atoms with Crippen LogP contribution in [0.5, 0.6) is 11.5 Å². The second-order valence-corrected chi connectivity index (χ2v) is 13.1. The lowest BCUT2D eigenvalue weighted by Gasteiger charge is -2.20. The monoisotopic (exact) mass is 846 g/mol.